The Kier molecular flexibility index (Phi) is 11.7. The minimum absolute atomic E-state index is 0.226. The monoisotopic (exact) mass is 709 g/mol. The molecule has 1 aliphatic carbocycles. The van der Waals surface area contributed by atoms with Gasteiger partial charge in [0.2, 0.25) is 11.8 Å². The maximum Gasteiger partial charge on any atom is 0.249 e. The largest absolute Gasteiger partial charge is 0.508 e. The van der Waals surface area contributed by atoms with E-state index in [1.54, 1.807) is 0 Å². The fraction of sp³-hybridized carbons (Fsp3) is 0.289. The van der Waals surface area contributed by atoms with E-state index in [9.17, 15) is 14.7 Å². The number of hydrogen-bond donors (Lipinski definition) is 4. The molecular formula is C45H47N3O5. The molecule has 1 heterocycles. The number of imide groups is 1. The van der Waals surface area contributed by atoms with E-state index in [2.05, 4.69) is 101 Å². The number of phenolic OH excluding ortho intramolecular Hbond substituents is 1. The number of piperidine rings is 1. The van der Waals surface area contributed by atoms with Crippen molar-refractivity contribution < 1.29 is 24.2 Å². The SMILES string of the molecule is O=C1CCC(Nc2cccc(OCc3ccc(CNCCCCOc4ccc([C@H]5c6ccc(O)cc6CC[C@H]5c5ccccc5)cc4)cc3)c2)C(=O)N1. The second-order valence-electron chi connectivity index (χ2n) is 14.0. The maximum atomic E-state index is 12.1. The van der Waals surface area contributed by atoms with Crippen LogP contribution in [0.2, 0.25) is 0 Å². The molecule has 0 saturated carbocycles. The van der Waals surface area contributed by atoms with Crippen LogP contribution in [0, 0.1) is 0 Å². The molecule has 5 aromatic carbocycles. The number of carbonyl (C=O) groups excluding carboxylic acids is 2. The number of carbonyl (C=O) groups is 2. The first-order valence-corrected chi connectivity index (χ1v) is 18.7. The lowest BCUT2D eigenvalue weighted by Crippen LogP contribution is -2.47. The van der Waals surface area contributed by atoms with E-state index in [4.69, 9.17) is 9.47 Å². The Morgan fingerprint density at radius 2 is 1.53 bits per heavy atom. The van der Waals surface area contributed by atoms with Crippen LogP contribution in [0.3, 0.4) is 0 Å². The zero-order valence-electron chi connectivity index (χ0n) is 29.9. The molecule has 1 unspecified atom stereocenters. The number of aromatic hydroxyl groups is 1. The molecule has 1 aliphatic heterocycles. The third-order valence-electron chi connectivity index (χ3n) is 10.2. The van der Waals surface area contributed by atoms with Crippen LogP contribution in [0.15, 0.2) is 121 Å². The number of anilines is 1. The molecule has 0 bridgehead atoms. The van der Waals surface area contributed by atoms with Gasteiger partial charge in [-0.05, 0) is 114 Å². The number of aryl methyl sites for hydroxylation is 1. The van der Waals surface area contributed by atoms with E-state index < -0.39 is 6.04 Å². The summed E-state index contributed by atoms with van der Waals surface area (Å²) in [5.41, 5.74) is 8.23. The number of fused-ring (bicyclic) bond motifs is 1. The first-order chi connectivity index (χ1) is 26.0. The van der Waals surface area contributed by atoms with Crippen molar-refractivity contribution in [3.05, 3.63) is 155 Å². The Bertz CT molecular complexity index is 1980. The Morgan fingerprint density at radius 3 is 2.34 bits per heavy atom. The maximum absolute atomic E-state index is 12.1. The number of phenols is 1. The summed E-state index contributed by atoms with van der Waals surface area (Å²) in [7, 11) is 0. The molecular weight excluding hydrogens is 663 g/mol. The second-order valence-corrected chi connectivity index (χ2v) is 14.0. The van der Waals surface area contributed by atoms with Gasteiger partial charge >= 0.3 is 0 Å². The minimum atomic E-state index is -0.431. The predicted octanol–water partition coefficient (Wildman–Crippen LogP) is 8.00. The van der Waals surface area contributed by atoms with Gasteiger partial charge < -0.3 is 25.2 Å². The average Bonchev–Trinajstić information content (AvgIpc) is 3.18. The Labute approximate surface area is 311 Å². The van der Waals surface area contributed by atoms with Crippen LogP contribution in [0.25, 0.3) is 0 Å². The van der Waals surface area contributed by atoms with Crippen molar-refractivity contribution in [3.8, 4) is 17.2 Å². The van der Waals surface area contributed by atoms with Gasteiger partial charge in [-0.3, -0.25) is 14.9 Å². The topological polar surface area (TPSA) is 109 Å². The zero-order chi connectivity index (χ0) is 36.4. The van der Waals surface area contributed by atoms with Gasteiger partial charge in [-0.15, -0.1) is 0 Å². The van der Waals surface area contributed by atoms with Crippen molar-refractivity contribution in [1.29, 1.82) is 0 Å². The van der Waals surface area contributed by atoms with Gasteiger partial charge in [-0.1, -0.05) is 78.9 Å². The lowest BCUT2D eigenvalue weighted by atomic mass is 9.69. The molecule has 1 fully saturated rings. The van der Waals surface area contributed by atoms with Gasteiger partial charge in [0.25, 0.3) is 0 Å². The minimum Gasteiger partial charge on any atom is -0.508 e. The number of ether oxygens (including phenoxy) is 2. The molecule has 2 amide bonds. The number of unbranched alkanes of at least 4 members (excludes halogenated alkanes) is 1. The number of rotatable bonds is 15. The number of hydrogen-bond acceptors (Lipinski definition) is 7. The van der Waals surface area contributed by atoms with Crippen LogP contribution in [0.1, 0.15) is 77.3 Å². The molecule has 0 radical (unpaired) electrons. The summed E-state index contributed by atoms with van der Waals surface area (Å²) in [6, 6.07) is 40.7. The fourth-order valence-electron chi connectivity index (χ4n) is 7.45. The molecule has 0 spiro atoms. The third-order valence-corrected chi connectivity index (χ3v) is 10.2. The van der Waals surface area contributed by atoms with Crippen molar-refractivity contribution in [3.63, 3.8) is 0 Å². The van der Waals surface area contributed by atoms with Crippen LogP contribution in [-0.2, 0) is 29.2 Å². The number of amides is 2. The van der Waals surface area contributed by atoms with Crippen molar-refractivity contribution in [2.75, 3.05) is 18.5 Å². The third kappa shape index (κ3) is 9.45. The summed E-state index contributed by atoms with van der Waals surface area (Å²) in [5, 5.41) is 19.2. The Hall–Kier alpha value is -5.60. The van der Waals surface area contributed by atoms with Crippen molar-refractivity contribution >= 4 is 17.5 Å². The molecule has 4 N–H and O–H groups in total. The van der Waals surface area contributed by atoms with Gasteiger partial charge in [0, 0.05) is 30.6 Å². The van der Waals surface area contributed by atoms with E-state index in [1.165, 1.54) is 27.8 Å². The van der Waals surface area contributed by atoms with E-state index in [0.717, 1.165) is 55.8 Å². The molecule has 7 rings (SSSR count). The smallest absolute Gasteiger partial charge is 0.249 e. The van der Waals surface area contributed by atoms with E-state index >= 15 is 0 Å². The molecule has 272 valence electrons. The first kappa shape index (κ1) is 35.8. The van der Waals surface area contributed by atoms with Gasteiger partial charge in [0.15, 0.2) is 0 Å². The summed E-state index contributed by atoms with van der Waals surface area (Å²) >= 11 is 0. The summed E-state index contributed by atoms with van der Waals surface area (Å²) in [6.45, 7) is 2.81. The zero-order valence-corrected chi connectivity index (χ0v) is 29.9. The standard InChI is InChI=1S/C45H47N3O5/c49-37-18-22-41-35(27-37)17-21-40(33-7-2-1-3-8-33)44(41)34-15-19-38(20-16-34)52-26-5-4-25-46-29-31-11-13-32(14-12-31)30-53-39-10-6-9-36(28-39)47-42-23-24-43(50)48-45(42)51/h1-3,6-16,18-20,22,27-28,40,42,44,46-47,49H,4-5,17,21,23-26,29-30H2,(H,48,50,51)/t40-,42?,44+/m0/s1. The fourth-order valence-corrected chi connectivity index (χ4v) is 7.45. The van der Waals surface area contributed by atoms with Gasteiger partial charge in [-0.2, -0.15) is 0 Å². The highest BCUT2D eigenvalue weighted by molar-refractivity contribution is 6.01. The van der Waals surface area contributed by atoms with Crippen LogP contribution in [0.4, 0.5) is 5.69 Å². The normalized spacial score (nSPS) is 18.2. The predicted molar refractivity (Wildman–Crippen MR) is 207 cm³/mol. The lowest BCUT2D eigenvalue weighted by Gasteiger charge is -2.34. The van der Waals surface area contributed by atoms with Crippen molar-refractivity contribution in [1.82, 2.24) is 10.6 Å². The summed E-state index contributed by atoms with van der Waals surface area (Å²) < 4.78 is 12.1. The molecule has 8 nitrogen and oxygen atoms in total. The Morgan fingerprint density at radius 1 is 0.717 bits per heavy atom. The molecule has 2 aliphatic rings. The Balaban J connectivity index is 0.815. The van der Waals surface area contributed by atoms with Crippen molar-refractivity contribution in [2.45, 2.75) is 69.6 Å². The summed E-state index contributed by atoms with van der Waals surface area (Å²) in [4.78, 5) is 23.5. The number of nitrogens with one attached hydrogen (secondary N) is 3. The highest BCUT2D eigenvalue weighted by Crippen LogP contribution is 2.47. The molecule has 0 aromatic heterocycles. The van der Waals surface area contributed by atoms with E-state index in [0.29, 0.717) is 43.5 Å². The molecule has 8 heteroatoms. The van der Waals surface area contributed by atoms with Crippen LogP contribution < -0.4 is 25.4 Å². The average molecular weight is 710 g/mol. The van der Waals surface area contributed by atoms with Crippen LogP contribution >= 0.6 is 0 Å². The highest BCUT2D eigenvalue weighted by Gasteiger charge is 2.32. The lowest BCUT2D eigenvalue weighted by molar-refractivity contribution is -0.133. The quantitative estimate of drug-likeness (QED) is 0.0645. The van der Waals surface area contributed by atoms with Gasteiger partial charge in [0.05, 0.1) is 6.61 Å². The number of benzene rings is 5. The van der Waals surface area contributed by atoms with Crippen LogP contribution in [-0.4, -0.2) is 36.1 Å². The summed E-state index contributed by atoms with van der Waals surface area (Å²) in [5.74, 6) is 2.02. The van der Waals surface area contributed by atoms with Gasteiger partial charge in [0.1, 0.15) is 29.9 Å². The second kappa shape index (κ2) is 17.3. The van der Waals surface area contributed by atoms with Crippen LogP contribution in [0.5, 0.6) is 17.2 Å². The van der Waals surface area contributed by atoms with Gasteiger partial charge in [-0.25, -0.2) is 0 Å². The van der Waals surface area contributed by atoms with E-state index in [1.807, 2.05) is 36.4 Å². The molecule has 5 aromatic rings. The summed E-state index contributed by atoms with van der Waals surface area (Å²) in [6.07, 6.45) is 4.80. The van der Waals surface area contributed by atoms with E-state index in [-0.39, 0.29) is 17.7 Å². The highest BCUT2D eigenvalue weighted by atomic mass is 16.5. The first-order valence-electron chi connectivity index (χ1n) is 18.7. The molecule has 3 atom stereocenters. The van der Waals surface area contributed by atoms with Crippen molar-refractivity contribution in [2.24, 2.45) is 0 Å². The molecule has 53 heavy (non-hydrogen) atoms. The molecule has 1 saturated heterocycles.